The fourth-order valence-corrected chi connectivity index (χ4v) is 4.97. The van der Waals surface area contributed by atoms with Gasteiger partial charge in [-0.1, -0.05) is 0 Å². The molecule has 6 nitrogen and oxygen atoms in total. The van der Waals surface area contributed by atoms with Gasteiger partial charge in [-0.25, -0.2) is 12.8 Å². The summed E-state index contributed by atoms with van der Waals surface area (Å²) in [5.41, 5.74) is 1.44. The zero-order valence-corrected chi connectivity index (χ0v) is 16.9. The third-order valence-corrected chi connectivity index (χ3v) is 7.59. The summed E-state index contributed by atoms with van der Waals surface area (Å²) in [5, 5.41) is 4.30. The first-order chi connectivity index (χ1) is 13.2. The highest BCUT2D eigenvalue weighted by molar-refractivity contribution is 8.00. The predicted molar refractivity (Wildman–Crippen MR) is 107 cm³/mol. The van der Waals surface area contributed by atoms with E-state index in [2.05, 4.69) is 10.6 Å². The highest BCUT2D eigenvalue weighted by Gasteiger charge is 2.27. The Morgan fingerprint density at radius 1 is 1.29 bits per heavy atom. The molecule has 0 aliphatic carbocycles. The molecule has 2 amide bonds. The van der Waals surface area contributed by atoms with Crippen LogP contribution in [0.4, 0.5) is 15.8 Å². The molecule has 148 valence electrons. The van der Waals surface area contributed by atoms with Crippen LogP contribution in [0.1, 0.15) is 18.9 Å². The summed E-state index contributed by atoms with van der Waals surface area (Å²) in [5.74, 6) is -0.788. The van der Waals surface area contributed by atoms with Crippen molar-refractivity contribution in [2.45, 2.75) is 35.3 Å². The minimum absolute atomic E-state index is 0.0484. The third kappa shape index (κ3) is 4.36. The Labute approximate surface area is 166 Å². The maximum absolute atomic E-state index is 13.2. The van der Waals surface area contributed by atoms with Crippen LogP contribution in [-0.4, -0.2) is 31.2 Å². The number of halogens is 1. The van der Waals surface area contributed by atoms with E-state index in [4.69, 9.17) is 0 Å². The number of rotatable bonds is 5. The minimum atomic E-state index is -3.78. The molecule has 2 aromatic carbocycles. The summed E-state index contributed by atoms with van der Waals surface area (Å²) < 4.78 is 38.9. The van der Waals surface area contributed by atoms with Crippen LogP contribution in [0.5, 0.6) is 0 Å². The molecule has 2 aromatic rings. The van der Waals surface area contributed by atoms with Crippen molar-refractivity contribution in [1.29, 1.82) is 0 Å². The van der Waals surface area contributed by atoms with E-state index in [0.29, 0.717) is 22.7 Å². The molecule has 0 spiro atoms. The van der Waals surface area contributed by atoms with Gasteiger partial charge >= 0.3 is 0 Å². The number of hydrogen-bond acceptors (Lipinski definition) is 5. The van der Waals surface area contributed by atoms with E-state index in [1.165, 1.54) is 49.0 Å². The molecule has 3 rings (SSSR count). The first-order valence-corrected chi connectivity index (χ1v) is 11.1. The Bertz CT molecular complexity index is 1050. The molecule has 1 aliphatic rings. The molecular weight excluding hydrogens is 403 g/mol. The molecule has 0 saturated carbocycles. The van der Waals surface area contributed by atoms with Gasteiger partial charge in [0.1, 0.15) is 5.82 Å². The van der Waals surface area contributed by atoms with E-state index in [1.807, 2.05) is 0 Å². The quantitative estimate of drug-likeness (QED) is 0.771. The Kier molecular flexibility index (Phi) is 5.76. The van der Waals surface area contributed by atoms with Gasteiger partial charge in [0.15, 0.2) is 9.84 Å². The summed E-state index contributed by atoms with van der Waals surface area (Å²) >= 11 is 1.34. The van der Waals surface area contributed by atoms with Gasteiger partial charge < -0.3 is 10.6 Å². The smallest absolute Gasteiger partial charge is 0.234 e. The van der Waals surface area contributed by atoms with Gasteiger partial charge in [0, 0.05) is 17.0 Å². The number of fused-ring (bicyclic) bond motifs is 1. The summed E-state index contributed by atoms with van der Waals surface area (Å²) in [6, 6.07) is 8.51. The van der Waals surface area contributed by atoms with Gasteiger partial charge in [-0.15, -0.1) is 11.8 Å². The molecule has 0 fully saturated rings. The highest BCUT2D eigenvalue weighted by Crippen LogP contribution is 2.34. The van der Waals surface area contributed by atoms with E-state index in [9.17, 15) is 22.4 Å². The zero-order chi connectivity index (χ0) is 20.5. The second kappa shape index (κ2) is 7.92. The molecule has 0 aromatic heterocycles. The molecule has 1 atom stereocenters. The SMILES string of the molecule is Cc1cc(F)ccc1NC(=O)CC(C)S(=O)(=O)c1ccc2c(c1)NC(=O)CS2. The maximum Gasteiger partial charge on any atom is 0.234 e. The minimum Gasteiger partial charge on any atom is -0.326 e. The van der Waals surface area contributed by atoms with Crippen LogP contribution < -0.4 is 10.6 Å². The first kappa shape index (κ1) is 20.3. The molecule has 1 aliphatic heterocycles. The van der Waals surface area contributed by atoms with E-state index < -0.39 is 26.8 Å². The van der Waals surface area contributed by atoms with Gasteiger partial charge in [-0.2, -0.15) is 0 Å². The molecule has 2 N–H and O–H groups in total. The second-order valence-electron chi connectivity index (χ2n) is 6.56. The van der Waals surface area contributed by atoms with Gasteiger partial charge in [0.05, 0.1) is 21.6 Å². The van der Waals surface area contributed by atoms with Crippen molar-refractivity contribution < 1.29 is 22.4 Å². The molecule has 0 bridgehead atoms. The average Bonchev–Trinajstić information content (AvgIpc) is 2.63. The number of nitrogens with one attached hydrogen (secondary N) is 2. The topological polar surface area (TPSA) is 92.3 Å². The lowest BCUT2D eigenvalue weighted by Crippen LogP contribution is -2.26. The van der Waals surface area contributed by atoms with E-state index >= 15 is 0 Å². The van der Waals surface area contributed by atoms with Crippen molar-refractivity contribution in [3.8, 4) is 0 Å². The van der Waals surface area contributed by atoms with Crippen molar-refractivity contribution >= 4 is 44.8 Å². The molecule has 1 heterocycles. The summed E-state index contributed by atoms with van der Waals surface area (Å²) in [4.78, 5) is 24.7. The Hall–Kier alpha value is -2.39. The monoisotopic (exact) mass is 422 g/mol. The van der Waals surface area contributed by atoms with Crippen LogP contribution in [-0.2, 0) is 19.4 Å². The van der Waals surface area contributed by atoms with Crippen molar-refractivity contribution in [3.63, 3.8) is 0 Å². The maximum atomic E-state index is 13.2. The van der Waals surface area contributed by atoms with Crippen LogP contribution in [0.2, 0.25) is 0 Å². The number of amides is 2. The number of carbonyl (C=O) groups is 2. The molecular formula is C19H19FN2O4S2. The number of aryl methyl sites for hydroxylation is 1. The third-order valence-electron chi connectivity index (χ3n) is 4.38. The van der Waals surface area contributed by atoms with Crippen LogP contribution in [0, 0.1) is 12.7 Å². The standard InChI is InChI=1S/C19H19FN2O4S2/c1-11-7-13(20)3-5-15(11)21-18(23)8-12(2)28(25,26)14-4-6-17-16(9-14)22-19(24)10-27-17/h3-7,9,12H,8,10H2,1-2H3,(H,21,23)(H,22,24). The Morgan fingerprint density at radius 3 is 2.75 bits per heavy atom. The van der Waals surface area contributed by atoms with Crippen LogP contribution in [0.15, 0.2) is 46.2 Å². The fourth-order valence-electron chi connectivity index (χ4n) is 2.81. The average molecular weight is 423 g/mol. The lowest BCUT2D eigenvalue weighted by molar-refractivity contribution is -0.116. The summed E-state index contributed by atoms with van der Waals surface area (Å²) in [7, 11) is -3.78. The normalized spacial score (nSPS) is 14.8. The number of sulfone groups is 1. The van der Waals surface area contributed by atoms with Gasteiger partial charge in [-0.05, 0) is 55.8 Å². The molecule has 0 saturated heterocycles. The number of carbonyl (C=O) groups excluding carboxylic acids is 2. The van der Waals surface area contributed by atoms with Crippen LogP contribution in [0.25, 0.3) is 0 Å². The molecule has 9 heteroatoms. The van der Waals surface area contributed by atoms with Gasteiger partial charge in [0.2, 0.25) is 11.8 Å². The van der Waals surface area contributed by atoms with E-state index in [1.54, 1.807) is 13.0 Å². The second-order valence-corrected chi connectivity index (χ2v) is 9.95. The van der Waals surface area contributed by atoms with Crippen molar-refractivity contribution in [1.82, 2.24) is 0 Å². The zero-order valence-electron chi connectivity index (χ0n) is 15.3. The molecule has 28 heavy (non-hydrogen) atoms. The Balaban J connectivity index is 1.74. The van der Waals surface area contributed by atoms with Crippen molar-refractivity contribution in [2.75, 3.05) is 16.4 Å². The number of thioether (sulfide) groups is 1. The fraction of sp³-hybridized carbons (Fsp3) is 0.263. The summed E-state index contributed by atoms with van der Waals surface area (Å²) in [6.07, 6.45) is -0.253. The highest BCUT2D eigenvalue weighted by atomic mass is 32.2. The lowest BCUT2D eigenvalue weighted by atomic mass is 10.2. The molecule has 1 unspecified atom stereocenters. The lowest BCUT2D eigenvalue weighted by Gasteiger charge is -2.19. The number of anilines is 2. The first-order valence-electron chi connectivity index (χ1n) is 8.53. The van der Waals surface area contributed by atoms with Crippen molar-refractivity contribution in [2.24, 2.45) is 0 Å². The predicted octanol–water partition coefficient (Wildman–Crippen LogP) is 3.37. The van der Waals surface area contributed by atoms with Gasteiger partial charge in [-0.3, -0.25) is 9.59 Å². The van der Waals surface area contributed by atoms with E-state index in [0.717, 1.165) is 4.90 Å². The van der Waals surface area contributed by atoms with Crippen LogP contribution >= 0.6 is 11.8 Å². The van der Waals surface area contributed by atoms with E-state index in [-0.39, 0.29) is 17.2 Å². The van der Waals surface area contributed by atoms with Gasteiger partial charge in [0.25, 0.3) is 0 Å². The number of benzene rings is 2. The number of hydrogen-bond donors (Lipinski definition) is 2. The molecule has 0 radical (unpaired) electrons. The summed E-state index contributed by atoms with van der Waals surface area (Å²) in [6.45, 7) is 3.11. The Morgan fingerprint density at radius 2 is 2.04 bits per heavy atom. The van der Waals surface area contributed by atoms with Crippen molar-refractivity contribution in [3.05, 3.63) is 47.8 Å². The largest absolute Gasteiger partial charge is 0.326 e. The van der Waals surface area contributed by atoms with Crippen LogP contribution in [0.3, 0.4) is 0 Å².